The highest BCUT2D eigenvalue weighted by atomic mass is 19.4. The highest BCUT2D eigenvalue weighted by Crippen LogP contribution is 2.44. The van der Waals surface area contributed by atoms with Crippen LogP contribution in [0.1, 0.15) is 44.1 Å². The van der Waals surface area contributed by atoms with Gasteiger partial charge in [-0.1, -0.05) is 18.9 Å². The van der Waals surface area contributed by atoms with E-state index in [0.717, 1.165) is 37.8 Å². The molecule has 2 aliphatic rings. The maximum absolute atomic E-state index is 12.9. The molecule has 8 heteroatoms. The Hall–Kier alpha value is -2.09. The summed E-state index contributed by atoms with van der Waals surface area (Å²) in [5, 5.41) is 2.58. The van der Waals surface area contributed by atoms with E-state index in [1.807, 2.05) is 0 Å². The number of amides is 2. The minimum atomic E-state index is -4.46. The van der Waals surface area contributed by atoms with Crippen molar-refractivity contribution in [2.75, 3.05) is 31.6 Å². The van der Waals surface area contributed by atoms with Gasteiger partial charge in [0.2, 0.25) is 11.8 Å². The molecule has 1 aromatic carbocycles. The highest BCUT2D eigenvalue weighted by molar-refractivity contribution is 5.91. The monoisotopic (exact) mass is 398 g/mol. The number of halogens is 3. The number of carbonyl (C=O) groups is 2. The number of anilines is 1. The smallest absolute Gasteiger partial charge is 0.378 e. The first kappa shape index (κ1) is 20.6. The Bertz CT molecular complexity index is 709. The zero-order valence-corrected chi connectivity index (χ0v) is 15.7. The van der Waals surface area contributed by atoms with Crippen LogP contribution in [0.4, 0.5) is 18.9 Å². The second-order valence-corrected chi connectivity index (χ2v) is 7.68. The van der Waals surface area contributed by atoms with Crippen LogP contribution in [0.5, 0.6) is 0 Å². The summed E-state index contributed by atoms with van der Waals surface area (Å²) < 4.78 is 43.8. The number of rotatable bonds is 5. The van der Waals surface area contributed by atoms with Crippen LogP contribution in [0, 0.1) is 5.41 Å². The van der Waals surface area contributed by atoms with E-state index in [9.17, 15) is 22.8 Å². The lowest BCUT2D eigenvalue weighted by atomic mass is 9.78. The number of alkyl halides is 3. The molecule has 0 bridgehead atoms. The van der Waals surface area contributed by atoms with Gasteiger partial charge in [-0.15, -0.1) is 0 Å². The largest absolute Gasteiger partial charge is 0.416 e. The van der Waals surface area contributed by atoms with E-state index in [4.69, 9.17) is 4.74 Å². The Morgan fingerprint density at radius 1 is 1.11 bits per heavy atom. The molecule has 1 aliphatic heterocycles. The van der Waals surface area contributed by atoms with Gasteiger partial charge in [0.05, 0.1) is 18.8 Å². The van der Waals surface area contributed by atoms with Gasteiger partial charge in [-0.3, -0.25) is 9.59 Å². The van der Waals surface area contributed by atoms with Crippen LogP contribution in [0.3, 0.4) is 0 Å². The summed E-state index contributed by atoms with van der Waals surface area (Å²) in [5.41, 5.74) is -1.10. The van der Waals surface area contributed by atoms with Gasteiger partial charge in [0.15, 0.2) is 0 Å². The number of hydrogen-bond donors (Lipinski definition) is 1. The number of nitrogens with one attached hydrogen (secondary N) is 1. The molecule has 0 atom stereocenters. The van der Waals surface area contributed by atoms with E-state index in [0.29, 0.717) is 32.7 Å². The first-order valence-electron chi connectivity index (χ1n) is 9.60. The number of morpholine rings is 1. The van der Waals surface area contributed by atoms with Crippen LogP contribution in [0.2, 0.25) is 0 Å². The molecule has 0 spiro atoms. The molecular weight excluding hydrogens is 373 g/mol. The Morgan fingerprint density at radius 2 is 1.79 bits per heavy atom. The average molecular weight is 398 g/mol. The molecule has 1 saturated carbocycles. The third-order valence-electron chi connectivity index (χ3n) is 5.56. The number of benzene rings is 1. The number of ether oxygens (including phenoxy) is 1. The zero-order valence-electron chi connectivity index (χ0n) is 15.7. The van der Waals surface area contributed by atoms with Crippen molar-refractivity contribution in [1.29, 1.82) is 0 Å². The van der Waals surface area contributed by atoms with Crippen LogP contribution in [0.15, 0.2) is 24.3 Å². The first-order valence-corrected chi connectivity index (χ1v) is 9.60. The normalized spacial score (nSPS) is 19.5. The van der Waals surface area contributed by atoms with Gasteiger partial charge in [0.1, 0.15) is 0 Å². The maximum Gasteiger partial charge on any atom is 0.416 e. The minimum absolute atomic E-state index is 0.0251. The summed E-state index contributed by atoms with van der Waals surface area (Å²) in [7, 11) is 0. The van der Waals surface area contributed by atoms with Gasteiger partial charge >= 0.3 is 6.18 Å². The van der Waals surface area contributed by atoms with E-state index in [-0.39, 0.29) is 23.9 Å². The maximum atomic E-state index is 12.9. The fourth-order valence-corrected chi connectivity index (χ4v) is 4.11. The number of nitrogens with zero attached hydrogens (tertiary/aromatic N) is 1. The lowest BCUT2D eigenvalue weighted by Crippen LogP contribution is -2.43. The molecule has 0 aromatic heterocycles. The molecule has 2 fully saturated rings. The SMILES string of the molecule is O=C(CC1(CC(=O)N2CCOCC2)CCCC1)Nc1cccc(C(F)(F)F)c1. The predicted octanol–water partition coefficient (Wildman–Crippen LogP) is 3.84. The van der Waals surface area contributed by atoms with Crippen molar-refractivity contribution in [1.82, 2.24) is 4.90 Å². The summed E-state index contributed by atoms with van der Waals surface area (Å²) in [6.45, 7) is 2.17. The van der Waals surface area contributed by atoms with Crippen molar-refractivity contribution in [3.8, 4) is 0 Å². The van der Waals surface area contributed by atoms with Crippen molar-refractivity contribution >= 4 is 17.5 Å². The van der Waals surface area contributed by atoms with Crippen molar-refractivity contribution in [3.05, 3.63) is 29.8 Å². The van der Waals surface area contributed by atoms with Crippen LogP contribution >= 0.6 is 0 Å². The van der Waals surface area contributed by atoms with E-state index in [2.05, 4.69) is 5.32 Å². The molecule has 154 valence electrons. The fraction of sp³-hybridized carbons (Fsp3) is 0.600. The van der Waals surface area contributed by atoms with E-state index >= 15 is 0 Å². The van der Waals surface area contributed by atoms with Crippen LogP contribution in [-0.2, 0) is 20.5 Å². The Labute approximate surface area is 162 Å². The molecule has 1 aromatic rings. The predicted molar refractivity (Wildman–Crippen MR) is 97.6 cm³/mol. The molecule has 3 rings (SSSR count). The lowest BCUT2D eigenvalue weighted by Gasteiger charge is -2.33. The lowest BCUT2D eigenvalue weighted by molar-refractivity contribution is -0.139. The van der Waals surface area contributed by atoms with Gasteiger partial charge in [-0.05, 0) is 36.5 Å². The topological polar surface area (TPSA) is 58.6 Å². The highest BCUT2D eigenvalue weighted by Gasteiger charge is 2.39. The Balaban J connectivity index is 1.63. The first-order chi connectivity index (χ1) is 13.3. The molecule has 0 radical (unpaired) electrons. The number of hydrogen-bond acceptors (Lipinski definition) is 3. The third kappa shape index (κ3) is 5.25. The quantitative estimate of drug-likeness (QED) is 0.820. The summed E-state index contributed by atoms with van der Waals surface area (Å²) in [6, 6.07) is 4.60. The molecule has 1 saturated heterocycles. The molecule has 1 heterocycles. The van der Waals surface area contributed by atoms with E-state index in [1.165, 1.54) is 12.1 Å². The molecule has 0 unspecified atom stereocenters. The summed E-state index contributed by atoms with van der Waals surface area (Å²) >= 11 is 0. The summed E-state index contributed by atoms with van der Waals surface area (Å²) in [6.07, 6.45) is -0.570. The molecule has 1 aliphatic carbocycles. The van der Waals surface area contributed by atoms with Gasteiger partial charge < -0.3 is 15.0 Å². The van der Waals surface area contributed by atoms with E-state index in [1.54, 1.807) is 4.90 Å². The van der Waals surface area contributed by atoms with E-state index < -0.39 is 17.2 Å². The average Bonchev–Trinajstić information content (AvgIpc) is 3.09. The van der Waals surface area contributed by atoms with Crippen molar-refractivity contribution < 1.29 is 27.5 Å². The molecule has 2 amide bonds. The Morgan fingerprint density at radius 3 is 2.43 bits per heavy atom. The van der Waals surface area contributed by atoms with Crippen molar-refractivity contribution in [2.24, 2.45) is 5.41 Å². The summed E-state index contributed by atoms with van der Waals surface area (Å²) in [5.74, 6) is -0.326. The van der Waals surface area contributed by atoms with Gasteiger partial charge in [0.25, 0.3) is 0 Å². The molecule has 1 N–H and O–H groups in total. The second kappa shape index (κ2) is 8.51. The number of carbonyl (C=O) groups excluding carboxylic acids is 2. The van der Waals surface area contributed by atoms with Crippen LogP contribution < -0.4 is 5.32 Å². The van der Waals surface area contributed by atoms with Crippen LogP contribution in [-0.4, -0.2) is 43.0 Å². The standard InChI is InChI=1S/C20H25F3N2O3/c21-20(22,23)15-4-3-5-16(12-15)24-17(26)13-19(6-1-2-7-19)14-18(27)25-8-10-28-11-9-25/h3-5,12H,1-2,6-11,13-14H2,(H,24,26). The van der Waals surface area contributed by atoms with Gasteiger partial charge in [0, 0.05) is 31.6 Å². The second-order valence-electron chi connectivity index (χ2n) is 7.68. The van der Waals surface area contributed by atoms with Gasteiger partial charge in [-0.2, -0.15) is 13.2 Å². The fourth-order valence-electron chi connectivity index (χ4n) is 4.11. The van der Waals surface area contributed by atoms with Gasteiger partial charge in [-0.25, -0.2) is 0 Å². The third-order valence-corrected chi connectivity index (χ3v) is 5.56. The molecule has 5 nitrogen and oxygen atoms in total. The minimum Gasteiger partial charge on any atom is -0.378 e. The molecule has 28 heavy (non-hydrogen) atoms. The van der Waals surface area contributed by atoms with Crippen LogP contribution in [0.25, 0.3) is 0 Å². The zero-order chi connectivity index (χ0) is 20.2. The molecular formula is C20H25F3N2O3. The Kier molecular flexibility index (Phi) is 6.27. The van der Waals surface area contributed by atoms with Crippen molar-refractivity contribution in [2.45, 2.75) is 44.7 Å². The van der Waals surface area contributed by atoms with Crippen molar-refractivity contribution in [3.63, 3.8) is 0 Å². The summed E-state index contributed by atoms with van der Waals surface area (Å²) in [4.78, 5) is 27.0.